The van der Waals surface area contributed by atoms with E-state index in [2.05, 4.69) is 5.32 Å². The number of aliphatic carboxylic acids is 1. The molecule has 20 heavy (non-hydrogen) atoms. The van der Waals surface area contributed by atoms with E-state index in [0.29, 0.717) is 12.8 Å². The molecule has 1 rings (SSSR count). The van der Waals surface area contributed by atoms with Crippen LogP contribution in [0.2, 0.25) is 0 Å². The van der Waals surface area contributed by atoms with Gasteiger partial charge in [-0.25, -0.2) is 4.79 Å². The maximum absolute atomic E-state index is 11.9. The summed E-state index contributed by atoms with van der Waals surface area (Å²) in [5.74, 6) is -0.954. The molecule has 1 fully saturated rings. The van der Waals surface area contributed by atoms with Crippen LogP contribution in [0.3, 0.4) is 0 Å². The van der Waals surface area contributed by atoms with Gasteiger partial charge in [0, 0.05) is 6.54 Å². The fraction of sp³-hybridized carbons (Fsp3) is 0.833. The Bertz CT molecular complexity index is 352. The highest BCUT2D eigenvalue weighted by molar-refractivity contribution is 5.74. The Morgan fingerprint density at radius 3 is 2.20 bits per heavy atom. The average Bonchev–Trinajstić information content (AvgIpc) is 2.33. The Kier molecular flexibility index (Phi) is 5.64. The number of hydrogen-bond acceptors (Lipinski definition) is 2. The molecule has 5 nitrogen and oxygen atoms in total. The van der Waals surface area contributed by atoms with Crippen LogP contribution >= 0.6 is 0 Å². The van der Waals surface area contributed by atoms with E-state index >= 15 is 0 Å². The third-order valence-electron chi connectivity index (χ3n) is 3.51. The number of nitrogens with one attached hydrogen (secondary N) is 2. The van der Waals surface area contributed by atoms with Crippen molar-refractivity contribution in [3.8, 4) is 0 Å². The first-order valence-electron chi connectivity index (χ1n) is 6.53. The summed E-state index contributed by atoms with van der Waals surface area (Å²) in [5, 5.41) is 13.0. The summed E-state index contributed by atoms with van der Waals surface area (Å²) in [6, 6.07) is -0.919. The van der Waals surface area contributed by atoms with Gasteiger partial charge in [0.1, 0.15) is 6.54 Å². The van der Waals surface area contributed by atoms with Crippen molar-refractivity contribution in [2.75, 3.05) is 13.1 Å². The van der Waals surface area contributed by atoms with E-state index < -0.39 is 30.1 Å². The highest BCUT2D eigenvalue weighted by atomic mass is 19.4. The van der Waals surface area contributed by atoms with Crippen molar-refractivity contribution >= 4 is 12.0 Å². The lowest BCUT2D eigenvalue weighted by atomic mass is 9.72. The molecule has 0 atom stereocenters. The highest BCUT2D eigenvalue weighted by Gasteiger charge is 2.35. The topological polar surface area (TPSA) is 78.4 Å². The molecule has 0 radical (unpaired) electrons. The lowest BCUT2D eigenvalue weighted by Gasteiger charge is -2.36. The minimum absolute atomic E-state index is 0.0768. The first kappa shape index (κ1) is 16.6. The van der Waals surface area contributed by atoms with Gasteiger partial charge < -0.3 is 15.7 Å². The number of amides is 2. The maximum atomic E-state index is 11.9. The summed E-state index contributed by atoms with van der Waals surface area (Å²) < 4.78 is 35.8. The van der Waals surface area contributed by atoms with Gasteiger partial charge in [-0.1, -0.05) is 19.3 Å². The first-order valence-corrected chi connectivity index (χ1v) is 6.53. The van der Waals surface area contributed by atoms with E-state index in [-0.39, 0.29) is 13.0 Å². The van der Waals surface area contributed by atoms with Crippen LogP contribution in [0.5, 0.6) is 0 Å². The zero-order valence-electron chi connectivity index (χ0n) is 11.1. The minimum atomic E-state index is -4.46. The monoisotopic (exact) mass is 296 g/mol. The molecule has 0 heterocycles. The number of carboxylic acids is 1. The van der Waals surface area contributed by atoms with Crippen molar-refractivity contribution in [3.05, 3.63) is 0 Å². The van der Waals surface area contributed by atoms with E-state index in [0.717, 1.165) is 19.3 Å². The van der Waals surface area contributed by atoms with Crippen LogP contribution in [-0.2, 0) is 4.79 Å². The van der Waals surface area contributed by atoms with E-state index in [1.165, 1.54) is 0 Å². The quantitative estimate of drug-likeness (QED) is 0.728. The fourth-order valence-corrected chi connectivity index (χ4v) is 2.55. The van der Waals surface area contributed by atoms with Crippen molar-refractivity contribution in [3.63, 3.8) is 0 Å². The number of carbonyl (C=O) groups is 2. The van der Waals surface area contributed by atoms with E-state index in [9.17, 15) is 22.8 Å². The van der Waals surface area contributed by atoms with Gasteiger partial charge >= 0.3 is 18.2 Å². The Labute approximate surface area is 114 Å². The van der Waals surface area contributed by atoms with E-state index in [1.54, 1.807) is 5.32 Å². The fourth-order valence-electron chi connectivity index (χ4n) is 2.55. The van der Waals surface area contributed by atoms with Gasteiger partial charge in [0.05, 0.1) is 6.42 Å². The number of carboxylic acid groups (broad SMARTS) is 1. The van der Waals surface area contributed by atoms with Crippen LogP contribution in [0.15, 0.2) is 0 Å². The highest BCUT2D eigenvalue weighted by Crippen LogP contribution is 2.38. The molecule has 8 heteroatoms. The Morgan fingerprint density at radius 1 is 1.10 bits per heavy atom. The number of rotatable bonds is 5. The molecule has 0 bridgehead atoms. The largest absolute Gasteiger partial charge is 0.481 e. The zero-order chi connectivity index (χ0) is 15.2. The molecule has 3 N–H and O–H groups in total. The predicted octanol–water partition coefficient (Wildman–Crippen LogP) is 2.27. The molecule has 0 saturated heterocycles. The van der Waals surface area contributed by atoms with Crippen LogP contribution in [0, 0.1) is 5.41 Å². The van der Waals surface area contributed by atoms with Gasteiger partial charge in [-0.15, -0.1) is 0 Å². The molecule has 0 aliphatic heterocycles. The molecule has 0 aromatic heterocycles. The molecule has 0 aromatic rings. The summed E-state index contributed by atoms with van der Waals surface area (Å²) in [6.07, 6.45) is -0.439. The Morgan fingerprint density at radius 2 is 1.70 bits per heavy atom. The predicted molar refractivity (Wildman–Crippen MR) is 65.2 cm³/mol. The molecule has 1 aliphatic rings. The SMILES string of the molecule is O=C(O)CC1(CNC(=O)NCC(F)(F)F)CCCCC1. The van der Waals surface area contributed by atoms with Crippen LogP contribution < -0.4 is 10.6 Å². The molecule has 2 amide bonds. The van der Waals surface area contributed by atoms with Crippen molar-refractivity contribution in [2.24, 2.45) is 5.41 Å². The summed E-state index contributed by atoms with van der Waals surface area (Å²) >= 11 is 0. The van der Waals surface area contributed by atoms with E-state index in [4.69, 9.17) is 5.11 Å². The second-order valence-electron chi connectivity index (χ2n) is 5.28. The van der Waals surface area contributed by atoms with Crippen LogP contribution in [0.1, 0.15) is 38.5 Å². The van der Waals surface area contributed by atoms with Crippen molar-refractivity contribution in [2.45, 2.75) is 44.7 Å². The summed E-state index contributed by atoms with van der Waals surface area (Å²) in [5.41, 5.74) is -0.542. The van der Waals surface area contributed by atoms with Gasteiger partial charge in [-0.3, -0.25) is 4.79 Å². The number of carbonyl (C=O) groups excluding carboxylic acids is 1. The van der Waals surface area contributed by atoms with Crippen LogP contribution in [0.4, 0.5) is 18.0 Å². The second-order valence-corrected chi connectivity index (χ2v) is 5.28. The minimum Gasteiger partial charge on any atom is -0.481 e. The van der Waals surface area contributed by atoms with Gasteiger partial charge in [0.25, 0.3) is 0 Å². The maximum Gasteiger partial charge on any atom is 0.405 e. The molecule has 0 spiro atoms. The summed E-state index contributed by atoms with van der Waals surface area (Å²) in [6.45, 7) is -1.31. The van der Waals surface area contributed by atoms with Gasteiger partial charge in [-0.05, 0) is 18.3 Å². The third-order valence-corrected chi connectivity index (χ3v) is 3.51. The molecular weight excluding hydrogens is 277 g/mol. The number of hydrogen-bond donors (Lipinski definition) is 3. The molecular formula is C12H19F3N2O3. The zero-order valence-corrected chi connectivity index (χ0v) is 11.1. The van der Waals surface area contributed by atoms with Gasteiger partial charge in [0.15, 0.2) is 0 Å². The Hall–Kier alpha value is -1.47. The molecule has 0 aromatic carbocycles. The van der Waals surface area contributed by atoms with Crippen molar-refractivity contribution in [1.82, 2.24) is 10.6 Å². The number of alkyl halides is 3. The van der Waals surface area contributed by atoms with E-state index in [1.807, 2.05) is 0 Å². The Balaban J connectivity index is 2.45. The smallest absolute Gasteiger partial charge is 0.405 e. The van der Waals surface area contributed by atoms with Crippen LogP contribution in [-0.4, -0.2) is 36.4 Å². The molecule has 0 unspecified atom stereocenters. The third kappa shape index (κ3) is 6.12. The van der Waals surface area contributed by atoms with Crippen LogP contribution in [0.25, 0.3) is 0 Å². The standard InChI is InChI=1S/C12H19F3N2O3/c13-12(14,15)8-17-10(20)16-7-11(6-9(18)19)4-2-1-3-5-11/h1-8H2,(H,18,19)(H2,16,17,20). The van der Waals surface area contributed by atoms with Crippen molar-refractivity contribution < 1.29 is 27.9 Å². The lowest BCUT2D eigenvalue weighted by molar-refractivity contribution is -0.140. The lowest BCUT2D eigenvalue weighted by Crippen LogP contribution is -2.46. The second kappa shape index (κ2) is 6.81. The number of urea groups is 1. The van der Waals surface area contributed by atoms with Crippen molar-refractivity contribution in [1.29, 1.82) is 0 Å². The first-order chi connectivity index (χ1) is 9.22. The molecule has 1 saturated carbocycles. The summed E-state index contributed by atoms with van der Waals surface area (Å²) in [7, 11) is 0. The summed E-state index contributed by atoms with van der Waals surface area (Å²) in [4.78, 5) is 22.2. The van der Waals surface area contributed by atoms with Gasteiger partial charge in [-0.2, -0.15) is 13.2 Å². The molecule has 116 valence electrons. The molecule has 1 aliphatic carbocycles. The average molecular weight is 296 g/mol. The number of halogens is 3. The van der Waals surface area contributed by atoms with Gasteiger partial charge in [0.2, 0.25) is 0 Å². The normalized spacial score (nSPS) is 18.4.